The van der Waals surface area contributed by atoms with Crippen LogP contribution in [0.15, 0.2) is 59.6 Å². The largest absolute Gasteiger partial charge is 0.462 e. The molecule has 0 aliphatic rings. The molecule has 6 heteroatoms. The second-order valence-corrected chi connectivity index (χ2v) is 5.96. The molecule has 0 spiro atoms. The van der Waals surface area contributed by atoms with E-state index in [1.54, 1.807) is 24.9 Å². The van der Waals surface area contributed by atoms with Gasteiger partial charge in [-0.1, -0.05) is 30.3 Å². The van der Waals surface area contributed by atoms with Gasteiger partial charge in [-0.05, 0) is 31.4 Å². The second-order valence-electron chi connectivity index (χ2n) is 5.11. The van der Waals surface area contributed by atoms with E-state index in [1.807, 2.05) is 54.8 Å². The fourth-order valence-electron chi connectivity index (χ4n) is 2.52. The number of nitrogens with one attached hydrogen (secondary N) is 1. The van der Waals surface area contributed by atoms with E-state index in [0.29, 0.717) is 12.2 Å². The number of thioether (sulfide) groups is 1. The average molecular weight is 375 g/mol. The summed E-state index contributed by atoms with van der Waals surface area (Å²) in [7, 11) is 0. The molecule has 2 aromatic carbocycles. The van der Waals surface area contributed by atoms with Crippen LogP contribution in [0, 0.1) is 0 Å². The smallest absolute Gasteiger partial charge is 0.341 e. The maximum atomic E-state index is 12.3. The van der Waals surface area contributed by atoms with Gasteiger partial charge in [-0.15, -0.1) is 24.2 Å². The Morgan fingerprint density at radius 2 is 1.88 bits per heavy atom. The van der Waals surface area contributed by atoms with Crippen molar-refractivity contribution in [2.75, 3.05) is 18.2 Å². The quantitative estimate of drug-likeness (QED) is 0.485. The Hall–Kier alpha value is -2.24. The van der Waals surface area contributed by atoms with Crippen molar-refractivity contribution >= 4 is 52.4 Å². The number of hydrogen-bond donors (Lipinski definition) is 1. The highest BCUT2D eigenvalue weighted by Gasteiger charge is 2.17. The molecule has 25 heavy (non-hydrogen) atoms. The van der Waals surface area contributed by atoms with Gasteiger partial charge in [0.25, 0.3) is 0 Å². The number of pyridine rings is 1. The van der Waals surface area contributed by atoms with Gasteiger partial charge in [0.1, 0.15) is 5.56 Å². The number of carbonyl (C=O) groups excluding carboxylic acids is 1. The third kappa shape index (κ3) is 4.06. The van der Waals surface area contributed by atoms with Gasteiger partial charge in [0.2, 0.25) is 0 Å². The van der Waals surface area contributed by atoms with Gasteiger partial charge >= 0.3 is 5.97 Å². The van der Waals surface area contributed by atoms with Crippen LogP contribution in [0.4, 0.5) is 11.4 Å². The van der Waals surface area contributed by atoms with E-state index in [-0.39, 0.29) is 18.4 Å². The summed E-state index contributed by atoms with van der Waals surface area (Å²) in [5, 5.41) is 4.30. The standard InChI is InChI=1S/C19H18N2O2S.ClH/c1-3-23-19(22)14-12-20-15-9-5-4-8-13(15)18(14)21-16-10-6-7-11-17(16)24-2;/h4-12H,3H2,1-2H3,(H,20,21);1H. The number of rotatable bonds is 5. The van der Waals surface area contributed by atoms with E-state index in [2.05, 4.69) is 10.3 Å². The summed E-state index contributed by atoms with van der Waals surface area (Å²) in [5.74, 6) is -0.375. The minimum Gasteiger partial charge on any atom is -0.462 e. The van der Waals surface area contributed by atoms with Gasteiger partial charge in [0.05, 0.1) is 23.5 Å². The topological polar surface area (TPSA) is 51.2 Å². The van der Waals surface area contributed by atoms with Crippen LogP contribution in [0.3, 0.4) is 0 Å². The fourth-order valence-corrected chi connectivity index (χ4v) is 3.08. The lowest BCUT2D eigenvalue weighted by Gasteiger charge is -2.16. The zero-order valence-electron chi connectivity index (χ0n) is 14.0. The summed E-state index contributed by atoms with van der Waals surface area (Å²) in [6, 6.07) is 15.7. The molecule has 3 rings (SSSR count). The number of carbonyl (C=O) groups is 1. The molecule has 1 aromatic heterocycles. The van der Waals surface area contributed by atoms with Crippen LogP contribution >= 0.6 is 24.2 Å². The second kappa shape index (κ2) is 8.74. The highest BCUT2D eigenvalue weighted by atomic mass is 35.5. The van der Waals surface area contributed by atoms with E-state index in [9.17, 15) is 4.79 Å². The Labute approximate surface area is 157 Å². The molecule has 130 valence electrons. The first-order valence-corrected chi connectivity index (χ1v) is 8.92. The van der Waals surface area contributed by atoms with Crippen molar-refractivity contribution < 1.29 is 9.53 Å². The molecule has 0 aliphatic carbocycles. The molecule has 0 saturated heterocycles. The van der Waals surface area contributed by atoms with Crippen molar-refractivity contribution in [1.82, 2.24) is 4.98 Å². The molecule has 1 N–H and O–H groups in total. The van der Waals surface area contributed by atoms with Gasteiger partial charge < -0.3 is 10.1 Å². The van der Waals surface area contributed by atoms with Crippen molar-refractivity contribution in [2.24, 2.45) is 0 Å². The maximum absolute atomic E-state index is 12.3. The number of para-hydroxylation sites is 2. The molecular formula is C19H19ClN2O2S. The van der Waals surface area contributed by atoms with Crippen molar-refractivity contribution in [3.8, 4) is 0 Å². The lowest BCUT2D eigenvalue weighted by molar-refractivity contribution is 0.0527. The molecular weight excluding hydrogens is 356 g/mol. The number of ether oxygens (including phenoxy) is 1. The molecule has 4 nitrogen and oxygen atoms in total. The van der Waals surface area contributed by atoms with Crippen LogP contribution in [0.5, 0.6) is 0 Å². The number of fused-ring (bicyclic) bond motifs is 1. The van der Waals surface area contributed by atoms with Crippen LogP contribution in [-0.2, 0) is 4.74 Å². The minimum absolute atomic E-state index is 0. The number of halogens is 1. The Bertz CT molecular complexity index is 886. The molecule has 0 unspecified atom stereocenters. The van der Waals surface area contributed by atoms with E-state index in [0.717, 1.165) is 27.2 Å². The van der Waals surface area contributed by atoms with E-state index in [4.69, 9.17) is 4.74 Å². The van der Waals surface area contributed by atoms with E-state index >= 15 is 0 Å². The SMILES string of the molecule is CCOC(=O)c1cnc2ccccc2c1Nc1ccccc1SC.Cl. The van der Waals surface area contributed by atoms with Gasteiger partial charge in [-0.2, -0.15) is 0 Å². The molecule has 1 heterocycles. The highest BCUT2D eigenvalue weighted by Crippen LogP contribution is 2.33. The van der Waals surface area contributed by atoms with E-state index in [1.165, 1.54) is 0 Å². The van der Waals surface area contributed by atoms with Crippen molar-refractivity contribution in [3.63, 3.8) is 0 Å². The lowest BCUT2D eigenvalue weighted by Crippen LogP contribution is -2.09. The highest BCUT2D eigenvalue weighted by molar-refractivity contribution is 7.98. The van der Waals surface area contributed by atoms with Gasteiger partial charge in [-0.3, -0.25) is 4.98 Å². The van der Waals surface area contributed by atoms with Crippen LogP contribution < -0.4 is 5.32 Å². The maximum Gasteiger partial charge on any atom is 0.341 e. The molecule has 0 atom stereocenters. The third-order valence-electron chi connectivity index (χ3n) is 3.64. The minimum atomic E-state index is -0.375. The summed E-state index contributed by atoms with van der Waals surface area (Å²) >= 11 is 1.65. The van der Waals surface area contributed by atoms with E-state index < -0.39 is 0 Å². The lowest BCUT2D eigenvalue weighted by atomic mass is 10.1. The van der Waals surface area contributed by atoms with Crippen LogP contribution in [-0.4, -0.2) is 23.8 Å². The number of esters is 1. The zero-order valence-corrected chi connectivity index (χ0v) is 15.6. The first kappa shape index (κ1) is 19.1. The average Bonchev–Trinajstić information content (AvgIpc) is 2.62. The molecule has 0 aliphatic heterocycles. The number of nitrogens with zero attached hydrogens (tertiary/aromatic N) is 1. The number of aromatic nitrogens is 1. The normalized spacial score (nSPS) is 10.2. The molecule has 0 fully saturated rings. The Balaban J connectivity index is 0.00000225. The number of hydrogen-bond acceptors (Lipinski definition) is 5. The van der Waals surface area contributed by atoms with Crippen LogP contribution in [0.1, 0.15) is 17.3 Å². The first-order valence-electron chi connectivity index (χ1n) is 7.69. The molecule has 0 amide bonds. The Kier molecular flexibility index (Phi) is 6.67. The van der Waals surface area contributed by atoms with Gasteiger partial charge in [0.15, 0.2) is 0 Å². The van der Waals surface area contributed by atoms with Gasteiger partial charge in [0, 0.05) is 16.5 Å². The van der Waals surface area contributed by atoms with Gasteiger partial charge in [-0.25, -0.2) is 4.79 Å². The summed E-state index contributed by atoms with van der Waals surface area (Å²) in [6.45, 7) is 2.12. The number of anilines is 2. The Morgan fingerprint density at radius 3 is 2.64 bits per heavy atom. The fraction of sp³-hybridized carbons (Fsp3) is 0.158. The molecule has 3 aromatic rings. The monoisotopic (exact) mass is 374 g/mol. The van der Waals surface area contributed by atoms with Crippen molar-refractivity contribution in [1.29, 1.82) is 0 Å². The molecule has 0 bridgehead atoms. The third-order valence-corrected chi connectivity index (χ3v) is 4.43. The zero-order chi connectivity index (χ0) is 16.9. The number of benzene rings is 2. The summed E-state index contributed by atoms with van der Waals surface area (Å²) in [6.07, 6.45) is 3.60. The predicted octanol–water partition coefficient (Wildman–Crippen LogP) is 5.30. The predicted molar refractivity (Wildman–Crippen MR) is 106 cm³/mol. The summed E-state index contributed by atoms with van der Waals surface area (Å²) in [4.78, 5) is 17.8. The first-order chi connectivity index (χ1) is 11.7. The van der Waals surface area contributed by atoms with Crippen LogP contribution in [0.2, 0.25) is 0 Å². The van der Waals surface area contributed by atoms with Crippen molar-refractivity contribution in [3.05, 3.63) is 60.3 Å². The molecule has 0 radical (unpaired) electrons. The Morgan fingerprint density at radius 1 is 1.16 bits per heavy atom. The summed E-state index contributed by atoms with van der Waals surface area (Å²) < 4.78 is 5.19. The summed E-state index contributed by atoms with van der Waals surface area (Å²) in [5.41, 5.74) is 2.94. The van der Waals surface area contributed by atoms with Crippen LogP contribution in [0.25, 0.3) is 10.9 Å². The van der Waals surface area contributed by atoms with Crippen molar-refractivity contribution in [2.45, 2.75) is 11.8 Å². The molecule has 0 saturated carbocycles.